The highest BCUT2D eigenvalue weighted by Crippen LogP contribution is 2.31. The summed E-state index contributed by atoms with van der Waals surface area (Å²) in [6.07, 6.45) is 2.16. The van der Waals surface area contributed by atoms with E-state index in [1.807, 2.05) is 0 Å². The lowest BCUT2D eigenvalue weighted by molar-refractivity contribution is -0.141. The molecule has 30 heavy (non-hydrogen) atoms. The van der Waals surface area contributed by atoms with Crippen LogP contribution in [0.3, 0.4) is 0 Å². The van der Waals surface area contributed by atoms with E-state index in [-0.39, 0.29) is 30.4 Å². The van der Waals surface area contributed by atoms with Crippen molar-refractivity contribution in [1.29, 1.82) is 0 Å². The first-order valence-electron chi connectivity index (χ1n) is 9.11. The van der Waals surface area contributed by atoms with Crippen molar-refractivity contribution >= 4 is 26.4 Å². The third kappa shape index (κ3) is 11.8. The highest BCUT2D eigenvalue weighted by atomic mass is 31.2. The zero-order valence-corrected chi connectivity index (χ0v) is 18.2. The molecule has 0 aliphatic carbocycles. The van der Waals surface area contributed by atoms with Crippen LogP contribution in [0.5, 0.6) is 0 Å². The van der Waals surface area contributed by atoms with Gasteiger partial charge in [0, 0.05) is 6.20 Å². The van der Waals surface area contributed by atoms with Crippen LogP contribution < -0.4 is 11.4 Å². The average Bonchev–Trinajstić information content (AvgIpc) is 3.09. The van der Waals surface area contributed by atoms with Crippen LogP contribution in [-0.4, -0.2) is 54.2 Å². The van der Waals surface area contributed by atoms with E-state index in [1.54, 1.807) is 27.7 Å². The molecule has 13 heteroatoms. The van der Waals surface area contributed by atoms with Gasteiger partial charge in [0.25, 0.3) is 0 Å². The minimum Gasteiger partial charge on any atom is -0.481 e. The van der Waals surface area contributed by atoms with Crippen LogP contribution in [0, 0.1) is 11.8 Å². The van der Waals surface area contributed by atoms with Crippen molar-refractivity contribution in [2.45, 2.75) is 52.9 Å². The molecule has 1 aromatic rings. The Morgan fingerprint density at radius 3 is 2.13 bits per heavy atom. The van der Waals surface area contributed by atoms with E-state index in [1.165, 1.54) is 16.8 Å². The molecule has 2 heterocycles. The van der Waals surface area contributed by atoms with Crippen LogP contribution in [0.2, 0.25) is 0 Å². The molecular formula is C17H30N3O9P. The maximum Gasteiger partial charge on any atom is 0.351 e. The summed E-state index contributed by atoms with van der Waals surface area (Å²) in [7, 11) is -2.37. The second-order valence-electron chi connectivity index (χ2n) is 6.87. The standard InChI is InChI=1S/C9H14N3O5P.2C4H8O2/c10-7-3-4-12(9(13)11-7)8-2-1-6(17-8)5-16-18(14)15;2*1-3(2)4(5)6/h3-4,6,8,14-15H,1-2,5H2,(H2,10,11,13);2*3H,1-2H3,(H,5,6). The van der Waals surface area contributed by atoms with Gasteiger partial charge in [-0.15, -0.1) is 0 Å². The zero-order chi connectivity index (χ0) is 23.4. The Kier molecular flexibility index (Phi) is 13.0. The molecule has 2 rings (SSSR count). The molecule has 1 aliphatic rings. The minimum atomic E-state index is -2.37. The van der Waals surface area contributed by atoms with E-state index in [2.05, 4.69) is 9.51 Å². The summed E-state index contributed by atoms with van der Waals surface area (Å²) >= 11 is 0. The second kappa shape index (κ2) is 14.0. The molecule has 0 radical (unpaired) electrons. The topological polar surface area (TPSA) is 194 Å². The van der Waals surface area contributed by atoms with Gasteiger partial charge in [0.1, 0.15) is 12.0 Å². The zero-order valence-electron chi connectivity index (χ0n) is 17.3. The van der Waals surface area contributed by atoms with Gasteiger partial charge in [-0.1, -0.05) is 27.7 Å². The van der Waals surface area contributed by atoms with E-state index in [0.29, 0.717) is 12.8 Å². The normalized spacial score (nSPS) is 17.9. The Hall–Kier alpha value is -2.11. The van der Waals surface area contributed by atoms with Crippen LogP contribution >= 0.6 is 8.60 Å². The van der Waals surface area contributed by atoms with Crippen LogP contribution in [0.1, 0.15) is 46.8 Å². The summed E-state index contributed by atoms with van der Waals surface area (Å²) in [5.74, 6) is -1.78. The SMILES string of the molecule is CC(C)C(=O)O.CC(C)C(=O)O.Nc1ccn(C2CCC(COP(O)O)O2)c(=O)n1. The number of ether oxygens (including phenoxy) is 1. The van der Waals surface area contributed by atoms with E-state index in [4.69, 9.17) is 30.5 Å². The molecule has 172 valence electrons. The molecular weight excluding hydrogens is 421 g/mol. The van der Waals surface area contributed by atoms with Crippen LogP contribution in [0.4, 0.5) is 5.82 Å². The molecule has 0 spiro atoms. The minimum absolute atomic E-state index is 0.0896. The third-order valence-corrected chi connectivity index (χ3v) is 3.99. The number of rotatable bonds is 6. The Morgan fingerprint density at radius 2 is 1.73 bits per heavy atom. The largest absolute Gasteiger partial charge is 0.481 e. The van der Waals surface area contributed by atoms with Gasteiger partial charge in [-0.05, 0) is 18.9 Å². The number of carbonyl (C=O) groups is 2. The first-order valence-corrected chi connectivity index (χ1v) is 10.3. The number of nitrogens with two attached hydrogens (primary N) is 1. The van der Waals surface area contributed by atoms with Crippen molar-refractivity contribution < 1.29 is 38.8 Å². The molecule has 12 nitrogen and oxygen atoms in total. The van der Waals surface area contributed by atoms with E-state index in [0.717, 1.165) is 0 Å². The smallest absolute Gasteiger partial charge is 0.351 e. The Bertz CT molecular complexity index is 707. The van der Waals surface area contributed by atoms with Crippen molar-refractivity contribution in [3.63, 3.8) is 0 Å². The Balaban J connectivity index is 0.000000580. The molecule has 2 unspecified atom stereocenters. The quantitative estimate of drug-likeness (QED) is 0.390. The van der Waals surface area contributed by atoms with Crippen molar-refractivity contribution in [3.05, 3.63) is 22.7 Å². The Morgan fingerprint density at radius 1 is 1.23 bits per heavy atom. The van der Waals surface area contributed by atoms with Crippen molar-refractivity contribution in [2.75, 3.05) is 12.3 Å². The fraction of sp³-hybridized carbons (Fsp3) is 0.647. The van der Waals surface area contributed by atoms with Crippen LogP contribution in [0.15, 0.2) is 17.1 Å². The average molecular weight is 451 g/mol. The number of aromatic nitrogens is 2. The van der Waals surface area contributed by atoms with Crippen molar-refractivity contribution in [3.8, 4) is 0 Å². The molecule has 0 aromatic carbocycles. The number of hydrogen-bond acceptors (Lipinski definition) is 9. The lowest BCUT2D eigenvalue weighted by Gasteiger charge is -2.15. The molecule has 2 atom stereocenters. The van der Waals surface area contributed by atoms with Gasteiger partial charge in [0.05, 0.1) is 24.5 Å². The summed E-state index contributed by atoms with van der Waals surface area (Å²) in [5.41, 5.74) is 4.93. The first kappa shape index (κ1) is 27.9. The molecule has 0 bridgehead atoms. The fourth-order valence-corrected chi connectivity index (χ4v) is 2.11. The first-order chi connectivity index (χ1) is 13.8. The second-order valence-corrected chi connectivity index (χ2v) is 7.63. The number of carboxylic acid groups (broad SMARTS) is 2. The van der Waals surface area contributed by atoms with Gasteiger partial charge in [0.15, 0.2) is 0 Å². The molecule has 0 amide bonds. The van der Waals surface area contributed by atoms with E-state index >= 15 is 0 Å². The van der Waals surface area contributed by atoms with Gasteiger partial charge >= 0.3 is 26.2 Å². The van der Waals surface area contributed by atoms with Crippen LogP contribution in [-0.2, 0) is 18.8 Å². The third-order valence-electron chi connectivity index (χ3n) is 3.61. The van der Waals surface area contributed by atoms with Gasteiger partial charge < -0.3 is 35.0 Å². The number of anilines is 1. The molecule has 6 N–H and O–H groups in total. The maximum absolute atomic E-state index is 11.6. The molecule has 1 saturated heterocycles. The monoisotopic (exact) mass is 451 g/mol. The molecule has 1 fully saturated rings. The molecule has 1 aromatic heterocycles. The van der Waals surface area contributed by atoms with Gasteiger partial charge in [-0.2, -0.15) is 4.98 Å². The number of nitrogen functional groups attached to an aromatic ring is 1. The summed E-state index contributed by atoms with van der Waals surface area (Å²) in [5, 5.41) is 16.0. The summed E-state index contributed by atoms with van der Waals surface area (Å²) in [4.78, 5) is 51.9. The number of carboxylic acids is 2. The van der Waals surface area contributed by atoms with Gasteiger partial charge in [-0.25, -0.2) is 4.79 Å². The van der Waals surface area contributed by atoms with Gasteiger partial charge in [0.2, 0.25) is 0 Å². The number of hydrogen-bond donors (Lipinski definition) is 5. The number of nitrogens with zero attached hydrogens (tertiary/aromatic N) is 2. The lowest BCUT2D eigenvalue weighted by Crippen LogP contribution is -2.27. The highest BCUT2D eigenvalue weighted by Gasteiger charge is 2.28. The fourth-order valence-electron chi connectivity index (χ4n) is 1.81. The lowest BCUT2D eigenvalue weighted by atomic mass is 10.2. The van der Waals surface area contributed by atoms with Crippen molar-refractivity contribution in [1.82, 2.24) is 9.55 Å². The van der Waals surface area contributed by atoms with E-state index in [9.17, 15) is 14.4 Å². The summed E-state index contributed by atoms with van der Waals surface area (Å²) < 4.78 is 11.6. The predicted octanol–water partition coefficient (Wildman–Crippen LogP) is 1.19. The predicted molar refractivity (Wildman–Crippen MR) is 108 cm³/mol. The summed E-state index contributed by atoms with van der Waals surface area (Å²) in [6, 6.07) is 1.52. The van der Waals surface area contributed by atoms with E-state index < -0.39 is 32.5 Å². The van der Waals surface area contributed by atoms with Gasteiger partial charge in [-0.3, -0.25) is 14.2 Å². The Labute approximate surface area is 175 Å². The highest BCUT2D eigenvalue weighted by molar-refractivity contribution is 7.39. The van der Waals surface area contributed by atoms with Crippen molar-refractivity contribution in [2.24, 2.45) is 11.8 Å². The molecule has 0 saturated carbocycles. The van der Waals surface area contributed by atoms with Crippen LogP contribution in [0.25, 0.3) is 0 Å². The summed E-state index contributed by atoms with van der Waals surface area (Å²) in [6.45, 7) is 6.65. The molecule has 1 aliphatic heterocycles. The number of aliphatic carboxylic acids is 2. The maximum atomic E-state index is 11.6.